The Bertz CT molecular complexity index is 1520. The maximum atomic E-state index is 13.9. The topological polar surface area (TPSA) is 101 Å². The molecule has 0 spiro atoms. The Labute approximate surface area is 252 Å². The number of hydrogen-bond acceptors (Lipinski definition) is 5. The first-order valence-corrected chi connectivity index (χ1v) is 15.3. The fourth-order valence-electron chi connectivity index (χ4n) is 6.69. The normalized spacial score (nSPS) is 24.5. The molecule has 1 aliphatic heterocycles. The second kappa shape index (κ2) is 10.8. The molecule has 1 saturated heterocycles. The first kappa shape index (κ1) is 30.3. The average molecular weight is 593 g/mol. The molecule has 8 heteroatoms. The van der Waals surface area contributed by atoms with E-state index in [2.05, 4.69) is 20.8 Å². The van der Waals surface area contributed by atoms with Crippen LogP contribution in [0.2, 0.25) is 5.02 Å². The van der Waals surface area contributed by atoms with Gasteiger partial charge >= 0.3 is 5.97 Å². The molecule has 3 heterocycles. The van der Waals surface area contributed by atoms with Gasteiger partial charge in [-0.15, -0.1) is 0 Å². The number of carboxylic acids is 1. The van der Waals surface area contributed by atoms with Crippen LogP contribution in [0.15, 0.2) is 40.8 Å². The zero-order valence-corrected chi connectivity index (χ0v) is 26.2. The number of nitrogens with zero attached hydrogens (tertiary/aromatic N) is 2. The molecule has 1 atom stereocenters. The summed E-state index contributed by atoms with van der Waals surface area (Å²) in [4.78, 5) is 45.7. The van der Waals surface area contributed by atoms with E-state index in [1.54, 1.807) is 13.0 Å². The molecule has 42 heavy (non-hydrogen) atoms. The minimum absolute atomic E-state index is 0.104. The van der Waals surface area contributed by atoms with Gasteiger partial charge in [0, 0.05) is 46.1 Å². The predicted molar refractivity (Wildman–Crippen MR) is 164 cm³/mol. The van der Waals surface area contributed by atoms with Crippen LogP contribution in [0.5, 0.6) is 0 Å². The third-order valence-corrected chi connectivity index (χ3v) is 9.72. The summed E-state index contributed by atoms with van der Waals surface area (Å²) in [5.74, 6) is -0.762. The zero-order valence-electron chi connectivity index (χ0n) is 25.4. The zero-order chi connectivity index (χ0) is 30.6. The van der Waals surface area contributed by atoms with Crippen molar-refractivity contribution in [2.75, 3.05) is 6.54 Å². The molecule has 224 valence electrons. The summed E-state index contributed by atoms with van der Waals surface area (Å²) in [7, 11) is 0. The summed E-state index contributed by atoms with van der Waals surface area (Å²) in [5.41, 5.74) is 2.38. The first-order valence-electron chi connectivity index (χ1n) is 14.9. The van der Waals surface area contributed by atoms with Crippen molar-refractivity contribution in [1.29, 1.82) is 0 Å². The highest BCUT2D eigenvalue weighted by Gasteiger charge is 2.45. The number of aliphatic carboxylic acids is 1. The molecule has 2 aromatic heterocycles. The molecule has 0 radical (unpaired) electrons. The van der Waals surface area contributed by atoms with E-state index in [-0.39, 0.29) is 34.7 Å². The molecule has 1 amide bonds. The van der Waals surface area contributed by atoms with Gasteiger partial charge in [-0.3, -0.25) is 14.4 Å². The molecule has 2 fully saturated rings. The summed E-state index contributed by atoms with van der Waals surface area (Å²) in [6, 6.07) is 11.3. The number of carbonyl (C=O) groups is 3. The Morgan fingerprint density at radius 1 is 1.00 bits per heavy atom. The van der Waals surface area contributed by atoms with Gasteiger partial charge in [0.2, 0.25) is 0 Å². The molecule has 7 nitrogen and oxygen atoms in total. The monoisotopic (exact) mass is 592 g/mol. The van der Waals surface area contributed by atoms with Crippen molar-refractivity contribution in [3.05, 3.63) is 52.7 Å². The lowest BCUT2D eigenvalue weighted by Crippen LogP contribution is -2.54. The van der Waals surface area contributed by atoms with Gasteiger partial charge in [0.25, 0.3) is 5.91 Å². The van der Waals surface area contributed by atoms with E-state index in [0.29, 0.717) is 61.2 Å². The summed E-state index contributed by atoms with van der Waals surface area (Å²) in [5, 5.41) is 10.2. The second-order valence-electron chi connectivity index (χ2n) is 14.1. The summed E-state index contributed by atoms with van der Waals surface area (Å²) in [6.07, 6.45) is 3.43. The average Bonchev–Trinajstić information content (AvgIpc) is 3.36. The number of amides is 1. The molecular weight excluding hydrogens is 552 g/mol. The number of carboxylic acid groups (broad SMARTS) is 1. The number of furan rings is 1. The van der Waals surface area contributed by atoms with Gasteiger partial charge in [0.15, 0.2) is 11.3 Å². The fourth-order valence-corrected chi connectivity index (χ4v) is 6.82. The van der Waals surface area contributed by atoms with Gasteiger partial charge in [-0.05, 0) is 82.9 Å². The quantitative estimate of drug-likeness (QED) is 0.323. The minimum Gasteiger partial charge on any atom is -0.481 e. The van der Waals surface area contributed by atoms with Gasteiger partial charge in [-0.1, -0.05) is 44.5 Å². The number of carbonyl (C=O) groups excluding carboxylic acids is 2. The van der Waals surface area contributed by atoms with Crippen LogP contribution in [0.25, 0.3) is 22.4 Å². The van der Waals surface area contributed by atoms with Gasteiger partial charge in [-0.25, -0.2) is 4.98 Å². The molecule has 1 N–H and O–H groups in total. The van der Waals surface area contributed by atoms with E-state index in [4.69, 9.17) is 21.0 Å². The van der Waals surface area contributed by atoms with Crippen LogP contribution in [0, 0.1) is 17.3 Å². The number of pyridine rings is 1. The molecule has 1 saturated carbocycles. The lowest BCUT2D eigenvalue weighted by atomic mass is 9.67. The lowest BCUT2D eigenvalue weighted by Gasteiger charge is -2.46. The van der Waals surface area contributed by atoms with Gasteiger partial charge < -0.3 is 14.4 Å². The van der Waals surface area contributed by atoms with E-state index in [9.17, 15) is 19.5 Å². The second-order valence-corrected chi connectivity index (χ2v) is 14.6. The highest BCUT2D eigenvalue weighted by Crippen LogP contribution is 2.43. The van der Waals surface area contributed by atoms with E-state index >= 15 is 0 Å². The number of Topliss-reactive ketones (excluding diaryl/α,β-unsaturated/α-hetero) is 1. The molecule has 1 unspecified atom stereocenters. The first-order chi connectivity index (χ1) is 19.6. The number of likely N-dealkylation sites (tertiary alicyclic amines) is 1. The minimum atomic E-state index is -0.780. The van der Waals surface area contributed by atoms with Crippen molar-refractivity contribution < 1.29 is 23.9 Å². The van der Waals surface area contributed by atoms with Crippen LogP contribution in [0.3, 0.4) is 0 Å². The number of aromatic nitrogens is 1. The number of hydrogen-bond donors (Lipinski definition) is 1. The maximum absolute atomic E-state index is 13.9. The number of piperidine rings is 1. The van der Waals surface area contributed by atoms with Crippen molar-refractivity contribution in [3.8, 4) is 11.3 Å². The van der Waals surface area contributed by atoms with Gasteiger partial charge in [0.05, 0.1) is 11.1 Å². The van der Waals surface area contributed by atoms with Crippen LogP contribution in [-0.4, -0.2) is 44.7 Å². The molecular formula is C34H41ClN2O5. The van der Waals surface area contributed by atoms with Crippen LogP contribution in [0.4, 0.5) is 0 Å². The molecule has 1 aromatic carbocycles. The lowest BCUT2D eigenvalue weighted by molar-refractivity contribution is -0.151. The van der Waals surface area contributed by atoms with Crippen molar-refractivity contribution >= 4 is 40.4 Å². The Morgan fingerprint density at radius 3 is 2.21 bits per heavy atom. The van der Waals surface area contributed by atoms with Crippen LogP contribution < -0.4 is 0 Å². The van der Waals surface area contributed by atoms with Crippen molar-refractivity contribution in [3.63, 3.8) is 0 Å². The predicted octanol–water partition coefficient (Wildman–Crippen LogP) is 7.93. The van der Waals surface area contributed by atoms with Crippen LogP contribution >= 0.6 is 11.6 Å². The van der Waals surface area contributed by atoms with Gasteiger partial charge in [-0.2, -0.15) is 0 Å². The van der Waals surface area contributed by atoms with Gasteiger partial charge in [0.1, 0.15) is 11.3 Å². The maximum Gasteiger partial charge on any atom is 0.309 e. The van der Waals surface area contributed by atoms with E-state index in [0.717, 1.165) is 16.8 Å². The Kier molecular flexibility index (Phi) is 7.80. The SMILES string of the molecule is CC1(C(=O)O)CCC(C(=O)C2CCN(C(=O)c3cc4nc(-c5ccc(Cl)cc5)cc(C(C)(C)C)c4o3)C(C)(C)C2)CC1. The summed E-state index contributed by atoms with van der Waals surface area (Å²) < 4.78 is 6.26. The van der Waals surface area contributed by atoms with Crippen LogP contribution in [0.1, 0.15) is 96.2 Å². The van der Waals surface area contributed by atoms with E-state index < -0.39 is 16.9 Å². The van der Waals surface area contributed by atoms with Crippen LogP contribution in [-0.2, 0) is 15.0 Å². The standard InChI is InChI=1S/C34H41ClN2O5/c1-32(2,3)24-17-25(20-7-9-23(35)10-8-20)36-26-18-27(42-29(24)26)30(39)37-16-13-22(19-33(37,4)5)28(38)21-11-14-34(6,15-12-21)31(40)41/h7-10,17-18,21-22H,11-16,19H2,1-6H3,(H,40,41). The molecule has 5 rings (SSSR count). The highest BCUT2D eigenvalue weighted by atomic mass is 35.5. The van der Waals surface area contributed by atoms with Crippen molar-refractivity contribution in [2.24, 2.45) is 17.3 Å². The third kappa shape index (κ3) is 5.72. The fraction of sp³-hybridized carbons (Fsp3) is 0.529. The number of rotatable bonds is 5. The largest absolute Gasteiger partial charge is 0.481 e. The van der Waals surface area contributed by atoms with E-state index in [1.165, 1.54) is 0 Å². The summed E-state index contributed by atoms with van der Waals surface area (Å²) in [6.45, 7) is 12.6. The Morgan fingerprint density at radius 2 is 1.64 bits per heavy atom. The molecule has 1 aliphatic carbocycles. The van der Waals surface area contributed by atoms with E-state index in [1.807, 2.05) is 49.1 Å². The van der Waals surface area contributed by atoms with Crippen molar-refractivity contribution in [2.45, 2.75) is 91.0 Å². The number of ketones is 1. The molecule has 3 aromatic rings. The molecule has 0 bridgehead atoms. The number of halogens is 1. The highest BCUT2D eigenvalue weighted by molar-refractivity contribution is 6.30. The molecule has 2 aliphatic rings. The Balaban J connectivity index is 1.36. The number of fused-ring (bicyclic) bond motifs is 1. The summed E-state index contributed by atoms with van der Waals surface area (Å²) >= 11 is 6.10. The third-order valence-electron chi connectivity index (χ3n) is 9.47. The smallest absolute Gasteiger partial charge is 0.309 e. The Hall–Kier alpha value is -3.19. The van der Waals surface area contributed by atoms with Crippen molar-refractivity contribution in [1.82, 2.24) is 9.88 Å². The number of benzene rings is 1.